The molecule has 3 nitrogen and oxygen atoms in total. The Labute approximate surface area is 121 Å². The maximum Gasteiger partial charge on any atom is 0.165 e. The zero-order valence-corrected chi connectivity index (χ0v) is 12.8. The van der Waals surface area contributed by atoms with Crippen LogP contribution in [0.3, 0.4) is 0 Å². The van der Waals surface area contributed by atoms with Crippen molar-refractivity contribution < 1.29 is 14.3 Å². The van der Waals surface area contributed by atoms with Gasteiger partial charge in [-0.3, -0.25) is 4.79 Å². The highest BCUT2D eigenvalue weighted by molar-refractivity contribution is 5.96. The van der Waals surface area contributed by atoms with E-state index in [-0.39, 0.29) is 29.7 Å². The summed E-state index contributed by atoms with van der Waals surface area (Å²) in [7, 11) is 0. The van der Waals surface area contributed by atoms with E-state index in [2.05, 4.69) is 20.8 Å². The molecule has 1 aromatic carbocycles. The molecule has 1 unspecified atom stereocenters. The molecule has 0 N–H and O–H groups in total. The monoisotopic (exact) mass is 276 g/mol. The zero-order chi connectivity index (χ0) is 14.8. The first-order valence-electron chi connectivity index (χ1n) is 7.25. The second-order valence-electron chi connectivity index (χ2n) is 6.63. The van der Waals surface area contributed by atoms with E-state index in [1.54, 1.807) is 0 Å². The van der Waals surface area contributed by atoms with E-state index in [1.165, 1.54) is 0 Å². The fourth-order valence-corrected chi connectivity index (χ4v) is 2.39. The smallest absolute Gasteiger partial charge is 0.165 e. The number of carbonyl (C=O) groups is 1. The van der Waals surface area contributed by atoms with E-state index in [9.17, 15) is 4.79 Å². The van der Waals surface area contributed by atoms with Gasteiger partial charge in [-0.25, -0.2) is 0 Å². The van der Waals surface area contributed by atoms with Gasteiger partial charge in [0.15, 0.2) is 12.1 Å². The average molecular weight is 276 g/mol. The van der Waals surface area contributed by atoms with Gasteiger partial charge in [-0.05, 0) is 6.92 Å². The minimum Gasteiger partial charge on any atom is -0.349 e. The number of rotatable bonds is 3. The molecule has 1 aromatic rings. The molecular weight excluding hydrogens is 252 g/mol. The number of ether oxygens (including phenoxy) is 2. The van der Waals surface area contributed by atoms with Crippen molar-refractivity contribution in [2.45, 2.75) is 59.0 Å². The number of ketones is 1. The van der Waals surface area contributed by atoms with Crippen LogP contribution in [0.15, 0.2) is 30.3 Å². The van der Waals surface area contributed by atoms with Crippen LogP contribution >= 0.6 is 0 Å². The Hall–Kier alpha value is -1.19. The molecule has 1 heterocycles. The first kappa shape index (κ1) is 15.2. The molecule has 3 heteroatoms. The Morgan fingerprint density at radius 2 is 1.85 bits per heavy atom. The topological polar surface area (TPSA) is 35.5 Å². The van der Waals surface area contributed by atoms with Gasteiger partial charge in [0.25, 0.3) is 0 Å². The lowest BCUT2D eigenvalue weighted by molar-refractivity contribution is -0.274. The van der Waals surface area contributed by atoms with E-state index >= 15 is 0 Å². The zero-order valence-electron chi connectivity index (χ0n) is 12.8. The van der Waals surface area contributed by atoms with E-state index in [0.29, 0.717) is 6.42 Å². The van der Waals surface area contributed by atoms with Crippen LogP contribution in [0.25, 0.3) is 0 Å². The highest BCUT2D eigenvalue weighted by Crippen LogP contribution is 2.32. The summed E-state index contributed by atoms with van der Waals surface area (Å²) in [6.45, 7) is 8.31. The van der Waals surface area contributed by atoms with Crippen LogP contribution in [0.4, 0.5) is 0 Å². The molecule has 1 aliphatic heterocycles. The number of hydrogen-bond donors (Lipinski definition) is 0. The third kappa shape index (κ3) is 3.90. The maximum absolute atomic E-state index is 12.3. The average Bonchev–Trinajstić information content (AvgIpc) is 2.38. The van der Waals surface area contributed by atoms with Gasteiger partial charge in [0.2, 0.25) is 0 Å². The normalized spacial score (nSPS) is 27.3. The van der Waals surface area contributed by atoms with E-state index in [1.807, 2.05) is 37.3 Å². The highest BCUT2D eigenvalue weighted by atomic mass is 16.7. The van der Waals surface area contributed by atoms with Crippen LogP contribution in [-0.2, 0) is 9.47 Å². The molecule has 3 atom stereocenters. The highest BCUT2D eigenvalue weighted by Gasteiger charge is 2.36. The molecule has 0 aromatic heterocycles. The van der Waals surface area contributed by atoms with Crippen molar-refractivity contribution in [1.82, 2.24) is 0 Å². The lowest BCUT2D eigenvalue weighted by Gasteiger charge is -2.40. The summed E-state index contributed by atoms with van der Waals surface area (Å²) in [5, 5.41) is 0. The third-order valence-corrected chi connectivity index (χ3v) is 3.48. The van der Waals surface area contributed by atoms with Crippen LogP contribution in [-0.4, -0.2) is 24.3 Å². The largest absolute Gasteiger partial charge is 0.349 e. The molecule has 1 fully saturated rings. The molecular formula is C17H24O3. The molecule has 110 valence electrons. The number of benzene rings is 1. The number of hydrogen-bond acceptors (Lipinski definition) is 3. The molecule has 0 saturated carbocycles. The quantitative estimate of drug-likeness (QED) is 0.787. The van der Waals surface area contributed by atoms with Crippen molar-refractivity contribution >= 4 is 5.78 Å². The van der Waals surface area contributed by atoms with Gasteiger partial charge in [-0.1, -0.05) is 51.1 Å². The standard InChI is InChI=1S/C17H24O3/c1-12-10-14(20-16(19-12)17(2,3)4)11-15(18)13-8-6-5-7-9-13/h5-9,12,14,16H,10-11H2,1-4H3/t12-,14?,16-/m0/s1. The van der Waals surface area contributed by atoms with Crippen LogP contribution < -0.4 is 0 Å². The maximum atomic E-state index is 12.3. The summed E-state index contributed by atoms with van der Waals surface area (Å²) in [6.07, 6.45) is 1.01. The minimum atomic E-state index is -0.250. The van der Waals surface area contributed by atoms with Gasteiger partial charge >= 0.3 is 0 Å². The van der Waals surface area contributed by atoms with Crippen molar-refractivity contribution in [3.63, 3.8) is 0 Å². The van der Waals surface area contributed by atoms with Crippen molar-refractivity contribution in [3.05, 3.63) is 35.9 Å². The molecule has 20 heavy (non-hydrogen) atoms. The predicted molar refractivity (Wildman–Crippen MR) is 78.7 cm³/mol. The van der Waals surface area contributed by atoms with Gasteiger partial charge in [0.05, 0.1) is 12.2 Å². The first-order valence-corrected chi connectivity index (χ1v) is 7.25. The van der Waals surface area contributed by atoms with Crippen LogP contribution in [0.2, 0.25) is 0 Å². The summed E-state index contributed by atoms with van der Waals surface area (Å²) < 4.78 is 11.8. The second-order valence-corrected chi connectivity index (χ2v) is 6.63. The Kier molecular flexibility index (Phi) is 4.61. The van der Waals surface area contributed by atoms with Gasteiger partial charge in [0.1, 0.15) is 0 Å². The van der Waals surface area contributed by atoms with E-state index in [0.717, 1.165) is 12.0 Å². The fraction of sp³-hybridized carbons (Fsp3) is 0.588. The lowest BCUT2D eigenvalue weighted by Crippen LogP contribution is -2.44. The molecule has 1 saturated heterocycles. The Morgan fingerprint density at radius 1 is 1.20 bits per heavy atom. The Bertz CT molecular complexity index is 447. The first-order chi connectivity index (χ1) is 9.36. The molecule has 1 aliphatic rings. The minimum absolute atomic E-state index is 0.0596. The van der Waals surface area contributed by atoms with Gasteiger partial charge in [0, 0.05) is 23.8 Å². The predicted octanol–water partition coefficient (Wildman–Crippen LogP) is 3.83. The van der Waals surface area contributed by atoms with Crippen LogP contribution in [0.1, 0.15) is 50.9 Å². The molecule has 0 spiro atoms. The summed E-state index contributed by atoms with van der Waals surface area (Å²) in [5.41, 5.74) is 0.672. The van der Waals surface area contributed by atoms with E-state index < -0.39 is 0 Å². The SMILES string of the molecule is C[C@H]1CC(CC(=O)c2ccccc2)O[C@@H](C(C)(C)C)O1. The molecule has 0 amide bonds. The third-order valence-electron chi connectivity index (χ3n) is 3.48. The van der Waals surface area contributed by atoms with Gasteiger partial charge in [-0.2, -0.15) is 0 Å². The lowest BCUT2D eigenvalue weighted by atomic mass is 9.93. The molecule has 2 rings (SSSR count). The van der Waals surface area contributed by atoms with Crippen molar-refractivity contribution in [2.75, 3.05) is 0 Å². The van der Waals surface area contributed by atoms with Gasteiger partial charge < -0.3 is 9.47 Å². The molecule has 0 aliphatic carbocycles. The van der Waals surface area contributed by atoms with Crippen LogP contribution in [0, 0.1) is 5.41 Å². The molecule has 0 bridgehead atoms. The summed E-state index contributed by atoms with van der Waals surface area (Å²) in [6, 6.07) is 9.40. The number of Topliss-reactive ketones (excluding diaryl/α,β-unsaturated/α-hetero) is 1. The number of carbonyl (C=O) groups excluding carboxylic acids is 1. The van der Waals surface area contributed by atoms with Crippen LogP contribution in [0.5, 0.6) is 0 Å². The Morgan fingerprint density at radius 3 is 2.45 bits per heavy atom. The summed E-state index contributed by atoms with van der Waals surface area (Å²) in [4.78, 5) is 12.3. The fourth-order valence-electron chi connectivity index (χ4n) is 2.39. The molecule has 0 radical (unpaired) electrons. The van der Waals surface area contributed by atoms with E-state index in [4.69, 9.17) is 9.47 Å². The van der Waals surface area contributed by atoms with Crippen molar-refractivity contribution in [2.24, 2.45) is 5.41 Å². The second kappa shape index (κ2) is 6.06. The van der Waals surface area contributed by atoms with Gasteiger partial charge in [-0.15, -0.1) is 0 Å². The van der Waals surface area contributed by atoms with Crippen molar-refractivity contribution in [3.8, 4) is 0 Å². The Balaban J connectivity index is 2.00. The van der Waals surface area contributed by atoms with Crippen molar-refractivity contribution in [1.29, 1.82) is 0 Å². The summed E-state index contributed by atoms with van der Waals surface area (Å²) in [5.74, 6) is 0.136. The summed E-state index contributed by atoms with van der Waals surface area (Å²) >= 11 is 0.